The summed E-state index contributed by atoms with van der Waals surface area (Å²) in [5, 5.41) is 0. The molecule has 2 fully saturated rings. The highest BCUT2D eigenvalue weighted by Crippen LogP contribution is 2.35. The number of fused-ring (bicyclic) bond motifs is 1. The van der Waals surface area contributed by atoms with Gasteiger partial charge in [-0.3, -0.25) is 19.4 Å². The molecule has 2 atom stereocenters. The number of sulfonamides is 1. The van der Waals surface area contributed by atoms with Crippen molar-refractivity contribution < 1.29 is 22.4 Å². The van der Waals surface area contributed by atoms with Crippen LogP contribution in [0.25, 0.3) is 0 Å². The average molecular weight is 407 g/mol. The van der Waals surface area contributed by atoms with Gasteiger partial charge in [0.15, 0.2) is 0 Å². The molecular weight excluding hydrogens is 385 g/mol. The van der Waals surface area contributed by atoms with Gasteiger partial charge in [0.1, 0.15) is 10.7 Å². The summed E-state index contributed by atoms with van der Waals surface area (Å²) in [5.74, 6) is -1.57. The molecule has 4 rings (SSSR count). The second-order valence-electron chi connectivity index (χ2n) is 7.35. The van der Waals surface area contributed by atoms with E-state index in [4.69, 9.17) is 0 Å². The number of allylic oxidation sites excluding steroid dienone is 2. The van der Waals surface area contributed by atoms with E-state index in [0.717, 1.165) is 6.07 Å². The summed E-state index contributed by atoms with van der Waals surface area (Å²) in [6.45, 7) is 1.29. The quantitative estimate of drug-likeness (QED) is 0.551. The number of carbonyl (C=O) groups excluding carboxylic acids is 2. The Morgan fingerprint density at radius 2 is 1.50 bits per heavy atom. The first-order valence-electron chi connectivity index (χ1n) is 9.37. The molecule has 2 amide bonds. The number of rotatable bonds is 4. The normalized spacial score (nSPS) is 26.7. The van der Waals surface area contributed by atoms with Crippen LogP contribution >= 0.6 is 0 Å². The van der Waals surface area contributed by atoms with Crippen LogP contribution in [0.4, 0.5) is 4.39 Å². The maximum absolute atomic E-state index is 13.9. The molecule has 2 aliphatic heterocycles. The topological polar surface area (TPSA) is 78.0 Å². The van der Waals surface area contributed by atoms with Crippen LogP contribution < -0.4 is 0 Å². The standard InChI is InChI=1S/C19H22FN3O4S/c20-16-7-3-4-8-17(16)28(26,27)22-11-9-21(10-12-22)13-23-18(24)14-5-1-2-6-15(14)19(23)25/h1-4,7-8,14-15H,5-6,9-13H2/t14-,15-/m1/s1. The van der Waals surface area contributed by atoms with Crippen molar-refractivity contribution in [1.82, 2.24) is 14.1 Å². The lowest BCUT2D eigenvalue weighted by molar-refractivity contribution is -0.142. The van der Waals surface area contributed by atoms with Crippen molar-refractivity contribution in [3.63, 3.8) is 0 Å². The fourth-order valence-corrected chi connectivity index (χ4v) is 5.60. The molecule has 7 nitrogen and oxygen atoms in total. The molecule has 1 aromatic carbocycles. The summed E-state index contributed by atoms with van der Waals surface area (Å²) < 4.78 is 40.5. The Bertz CT molecular complexity index is 899. The first-order valence-corrected chi connectivity index (χ1v) is 10.8. The predicted molar refractivity (Wildman–Crippen MR) is 98.8 cm³/mol. The van der Waals surface area contributed by atoms with Crippen LogP contribution in [-0.2, 0) is 19.6 Å². The van der Waals surface area contributed by atoms with E-state index in [9.17, 15) is 22.4 Å². The summed E-state index contributed by atoms with van der Waals surface area (Å²) in [7, 11) is -3.91. The van der Waals surface area contributed by atoms with E-state index in [1.165, 1.54) is 27.4 Å². The Kier molecular flexibility index (Phi) is 5.07. The highest BCUT2D eigenvalue weighted by Gasteiger charge is 2.47. The number of imide groups is 1. The molecular formula is C19H22FN3O4S. The second kappa shape index (κ2) is 7.38. The molecule has 2 heterocycles. The number of piperazine rings is 1. The summed E-state index contributed by atoms with van der Waals surface area (Å²) >= 11 is 0. The minimum Gasteiger partial charge on any atom is -0.283 e. The maximum atomic E-state index is 13.9. The third-order valence-electron chi connectivity index (χ3n) is 5.73. The highest BCUT2D eigenvalue weighted by atomic mass is 32.2. The van der Waals surface area contributed by atoms with Crippen molar-refractivity contribution in [3.8, 4) is 0 Å². The number of hydrogen-bond donors (Lipinski definition) is 0. The van der Waals surface area contributed by atoms with Crippen molar-refractivity contribution in [2.45, 2.75) is 17.7 Å². The van der Waals surface area contributed by atoms with Gasteiger partial charge in [0.2, 0.25) is 21.8 Å². The van der Waals surface area contributed by atoms with Gasteiger partial charge < -0.3 is 0 Å². The fraction of sp³-hybridized carbons (Fsp3) is 0.474. The molecule has 150 valence electrons. The molecule has 9 heteroatoms. The van der Waals surface area contributed by atoms with Gasteiger partial charge in [-0.15, -0.1) is 0 Å². The number of benzene rings is 1. The van der Waals surface area contributed by atoms with E-state index in [1.807, 2.05) is 17.1 Å². The number of hydrogen-bond acceptors (Lipinski definition) is 5. The maximum Gasteiger partial charge on any atom is 0.246 e. The van der Waals surface area contributed by atoms with Crippen molar-refractivity contribution in [2.75, 3.05) is 32.8 Å². The van der Waals surface area contributed by atoms with Gasteiger partial charge in [-0.05, 0) is 25.0 Å². The zero-order valence-electron chi connectivity index (χ0n) is 15.3. The molecule has 0 bridgehead atoms. The van der Waals surface area contributed by atoms with Crippen molar-refractivity contribution >= 4 is 21.8 Å². The van der Waals surface area contributed by atoms with E-state index in [2.05, 4.69) is 0 Å². The van der Waals surface area contributed by atoms with E-state index in [1.54, 1.807) is 0 Å². The average Bonchev–Trinajstić information content (AvgIpc) is 2.94. The summed E-state index contributed by atoms with van der Waals surface area (Å²) in [5.41, 5.74) is 0. The number of carbonyl (C=O) groups is 2. The fourth-order valence-electron chi connectivity index (χ4n) is 4.11. The van der Waals surface area contributed by atoms with Crippen LogP contribution in [0.5, 0.6) is 0 Å². The second-order valence-corrected chi connectivity index (χ2v) is 9.26. The minimum absolute atomic E-state index is 0.138. The lowest BCUT2D eigenvalue weighted by atomic mass is 9.85. The van der Waals surface area contributed by atoms with Crippen LogP contribution in [0.15, 0.2) is 41.3 Å². The Morgan fingerprint density at radius 3 is 2.07 bits per heavy atom. The van der Waals surface area contributed by atoms with Crippen molar-refractivity contribution in [1.29, 1.82) is 0 Å². The van der Waals surface area contributed by atoms with E-state index < -0.39 is 15.8 Å². The van der Waals surface area contributed by atoms with Gasteiger partial charge in [-0.1, -0.05) is 24.3 Å². The molecule has 0 aromatic heterocycles. The SMILES string of the molecule is O=C1[C@@H]2CC=CC[C@H]2C(=O)N1CN1CCN(S(=O)(=O)c2ccccc2F)CC1. The van der Waals surface area contributed by atoms with Crippen molar-refractivity contribution in [2.24, 2.45) is 11.8 Å². The Labute approximate surface area is 163 Å². The Balaban J connectivity index is 1.39. The minimum atomic E-state index is -3.91. The largest absolute Gasteiger partial charge is 0.283 e. The Hall–Kier alpha value is -2.10. The van der Waals surface area contributed by atoms with Crippen LogP contribution in [0, 0.1) is 17.7 Å². The number of nitrogens with zero attached hydrogens (tertiary/aromatic N) is 3. The molecule has 0 N–H and O–H groups in total. The van der Waals surface area contributed by atoms with Gasteiger partial charge in [-0.2, -0.15) is 4.31 Å². The zero-order valence-corrected chi connectivity index (χ0v) is 16.1. The molecule has 1 aliphatic carbocycles. The monoisotopic (exact) mass is 407 g/mol. The lowest BCUT2D eigenvalue weighted by Crippen LogP contribution is -2.52. The van der Waals surface area contributed by atoms with E-state index in [0.29, 0.717) is 25.9 Å². The molecule has 3 aliphatic rings. The summed E-state index contributed by atoms with van der Waals surface area (Å²) in [6.07, 6.45) is 5.09. The first-order chi connectivity index (χ1) is 13.4. The number of halogens is 1. The van der Waals surface area contributed by atoms with Gasteiger partial charge in [0.05, 0.1) is 18.5 Å². The van der Waals surface area contributed by atoms with Gasteiger partial charge in [-0.25, -0.2) is 12.8 Å². The third-order valence-corrected chi connectivity index (χ3v) is 7.66. The molecule has 0 radical (unpaired) electrons. The van der Waals surface area contributed by atoms with E-state index >= 15 is 0 Å². The van der Waals surface area contributed by atoms with Crippen LogP contribution in [-0.4, -0.2) is 67.2 Å². The van der Waals surface area contributed by atoms with Crippen LogP contribution in [0.1, 0.15) is 12.8 Å². The highest BCUT2D eigenvalue weighted by molar-refractivity contribution is 7.89. The van der Waals surface area contributed by atoms with Gasteiger partial charge >= 0.3 is 0 Å². The molecule has 1 aromatic rings. The van der Waals surface area contributed by atoms with Gasteiger partial charge in [0, 0.05) is 26.2 Å². The number of amides is 2. The first kappa shape index (κ1) is 19.2. The van der Waals surface area contributed by atoms with Gasteiger partial charge in [0.25, 0.3) is 0 Å². The number of likely N-dealkylation sites (tertiary alicyclic amines) is 1. The summed E-state index contributed by atoms with van der Waals surface area (Å²) in [6, 6.07) is 5.32. The molecule has 0 saturated carbocycles. The molecule has 0 spiro atoms. The van der Waals surface area contributed by atoms with Crippen LogP contribution in [0.2, 0.25) is 0 Å². The predicted octanol–water partition coefficient (Wildman–Crippen LogP) is 1.04. The molecule has 2 saturated heterocycles. The smallest absolute Gasteiger partial charge is 0.246 e. The zero-order chi connectivity index (χ0) is 19.9. The Morgan fingerprint density at radius 1 is 0.929 bits per heavy atom. The van der Waals surface area contributed by atoms with Crippen molar-refractivity contribution in [3.05, 3.63) is 42.2 Å². The summed E-state index contributed by atoms with van der Waals surface area (Å²) in [4.78, 5) is 28.0. The van der Waals surface area contributed by atoms with Crippen LogP contribution in [0.3, 0.4) is 0 Å². The molecule has 0 unspecified atom stereocenters. The lowest BCUT2D eigenvalue weighted by Gasteiger charge is -2.35. The molecule has 28 heavy (non-hydrogen) atoms. The third kappa shape index (κ3) is 3.27. The van der Waals surface area contributed by atoms with E-state index in [-0.39, 0.29) is 48.3 Å².